The van der Waals surface area contributed by atoms with Gasteiger partial charge in [0, 0.05) is 50.6 Å². The fraction of sp³-hybridized carbons (Fsp3) is 0.348. The van der Waals surface area contributed by atoms with Crippen LogP contribution in [0.5, 0.6) is 0 Å². The Hall–Kier alpha value is -3.35. The van der Waals surface area contributed by atoms with Gasteiger partial charge in [-0.2, -0.15) is 0 Å². The number of aromatic amines is 1. The van der Waals surface area contributed by atoms with Crippen molar-refractivity contribution < 1.29 is 14.0 Å². The van der Waals surface area contributed by atoms with E-state index in [1.54, 1.807) is 27.1 Å². The van der Waals surface area contributed by atoms with Crippen molar-refractivity contribution in [2.75, 3.05) is 20.6 Å². The molecule has 2 amide bonds. The van der Waals surface area contributed by atoms with Crippen molar-refractivity contribution in [1.29, 1.82) is 0 Å². The molecule has 1 aromatic carbocycles. The highest BCUT2D eigenvalue weighted by molar-refractivity contribution is 5.95. The summed E-state index contributed by atoms with van der Waals surface area (Å²) in [5, 5.41) is 3.85. The Kier molecular flexibility index (Phi) is 6.72. The minimum Gasteiger partial charge on any atom is -0.427 e. The summed E-state index contributed by atoms with van der Waals surface area (Å²) in [6.45, 7) is 2.05. The van der Waals surface area contributed by atoms with Gasteiger partial charge in [0.15, 0.2) is 0 Å². The number of para-hydroxylation sites is 1. The van der Waals surface area contributed by atoms with Crippen LogP contribution in [-0.4, -0.2) is 42.3 Å². The van der Waals surface area contributed by atoms with Crippen LogP contribution in [0.15, 0.2) is 45.7 Å². The lowest BCUT2D eigenvalue weighted by atomic mass is 10.1. The molecular weight excluding hydrogens is 382 g/mol. The lowest BCUT2D eigenvalue weighted by molar-refractivity contribution is -0.128. The van der Waals surface area contributed by atoms with Crippen molar-refractivity contribution in [3.8, 4) is 0 Å². The van der Waals surface area contributed by atoms with Gasteiger partial charge in [-0.15, -0.1) is 0 Å². The van der Waals surface area contributed by atoms with Crippen molar-refractivity contribution in [3.63, 3.8) is 0 Å². The molecule has 7 nitrogen and oxygen atoms in total. The highest BCUT2D eigenvalue weighted by Crippen LogP contribution is 2.19. The van der Waals surface area contributed by atoms with Gasteiger partial charge in [-0.1, -0.05) is 18.2 Å². The third-order valence-electron chi connectivity index (χ3n) is 5.09. The number of nitrogens with zero attached hydrogens (tertiary/aromatic N) is 1. The molecule has 0 spiro atoms. The van der Waals surface area contributed by atoms with Gasteiger partial charge in [-0.25, -0.2) is 4.79 Å². The van der Waals surface area contributed by atoms with E-state index in [9.17, 15) is 14.4 Å². The molecule has 3 aromatic rings. The van der Waals surface area contributed by atoms with Crippen LogP contribution in [0.1, 0.15) is 40.1 Å². The van der Waals surface area contributed by atoms with Gasteiger partial charge < -0.3 is 19.6 Å². The molecule has 2 aromatic heterocycles. The summed E-state index contributed by atoms with van der Waals surface area (Å²) in [4.78, 5) is 41.1. The smallest absolute Gasteiger partial charge is 0.349 e. The first kappa shape index (κ1) is 21.4. The van der Waals surface area contributed by atoms with Crippen molar-refractivity contribution >= 4 is 22.7 Å². The number of aromatic nitrogens is 1. The maximum atomic E-state index is 12.4. The summed E-state index contributed by atoms with van der Waals surface area (Å²) in [6.07, 6.45) is 4.10. The van der Waals surface area contributed by atoms with E-state index in [4.69, 9.17) is 4.42 Å². The Balaban J connectivity index is 1.61. The number of hydrogen-bond acceptors (Lipinski definition) is 4. The van der Waals surface area contributed by atoms with Crippen LogP contribution in [0.2, 0.25) is 0 Å². The average Bonchev–Trinajstić information content (AvgIpc) is 3.12. The molecule has 158 valence electrons. The van der Waals surface area contributed by atoms with Gasteiger partial charge >= 0.3 is 5.63 Å². The average molecular weight is 409 g/mol. The molecule has 2 N–H and O–H groups in total. The number of H-pyrrole nitrogens is 1. The zero-order valence-corrected chi connectivity index (χ0v) is 17.6. The largest absolute Gasteiger partial charge is 0.427 e. The Bertz CT molecular complexity index is 1110. The number of amides is 2. The zero-order chi connectivity index (χ0) is 21.7. The number of benzene rings is 1. The number of nitrogens with one attached hydrogen (secondary N) is 2. The van der Waals surface area contributed by atoms with Gasteiger partial charge in [-0.05, 0) is 43.0 Å². The molecule has 0 radical (unpaired) electrons. The Morgan fingerprint density at radius 2 is 1.93 bits per heavy atom. The second-order valence-corrected chi connectivity index (χ2v) is 7.57. The van der Waals surface area contributed by atoms with E-state index in [1.165, 1.54) is 4.90 Å². The molecule has 7 heteroatoms. The number of aryl methyl sites for hydroxylation is 3. The number of carbonyl (C=O) groups is 2. The molecule has 0 unspecified atom stereocenters. The lowest BCUT2D eigenvalue weighted by Gasteiger charge is -2.10. The molecule has 0 fully saturated rings. The van der Waals surface area contributed by atoms with E-state index in [0.717, 1.165) is 22.9 Å². The molecule has 0 saturated carbocycles. The van der Waals surface area contributed by atoms with Gasteiger partial charge in [-0.3, -0.25) is 9.59 Å². The summed E-state index contributed by atoms with van der Waals surface area (Å²) in [6, 6.07) is 9.80. The number of rotatable bonds is 8. The maximum Gasteiger partial charge on any atom is 0.349 e. The van der Waals surface area contributed by atoms with Crippen LogP contribution >= 0.6 is 0 Å². The van der Waals surface area contributed by atoms with Crippen molar-refractivity contribution in [3.05, 3.63) is 69.4 Å². The Labute approximate surface area is 175 Å². The highest BCUT2D eigenvalue weighted by atomic mass is 16.4. The predicted molar refractivity (Wildman–Crippen MR) is 116 cm³/mol. The summed E-state index contributed by atoms with van der Waals surface area (Å²) in [5.41, 5.74) is 2.20. The molecule has 0 atom stereocenters. The number of hydrogen-bond donors (Lipinski definition) is 2. The zero-order valence-electron chi connectivity index (χ0n) is 17.6. The van der Waals surface area contributed by atoms with E-state index in [-0.39, 0.29) is 11.5 Å². The van der Waals surface area contributed by atoms with E-state index in [1.807, 2.05) is 24.4 Å². The molecule has 30 heavy (non-hydrogen) atoms. The quantitative estimate of drug-likeness (QED) is 0.559. The van der Waals surface area contributed by atoms with Crippen molar-refractivity contribution in [2.45, 2.75) is 32.6 Å². The second kappa shape index (κ2) is 9.43. The molecule has 3 rings (SSSR count). The molecular formula is C23H27N3O4. The molecule has 0 aliphatic rings. The molecule has 0 aliphatic carbocycles. The SMILES string of the molecule is Cc1cc(CCc2c[nH]c3ccccc23)oc(=O)c1C(=O)NCCCC(=O)N(C)C. The van der Waals surface area contributed by atoms with E-state index in [2.05, 4.69) is 16.4 Å². The van der Waals surface area contributed by atoms with Crippen molar-refractivity contribution in [1.82, 2.24) is 15.2 Å². The Morgan fingerprint density at radius 3 is 2.67 bits per heavy atom. The first-order valence-corrected chi connectivity index (χ1v) is 10.0. The van der Waals surface area contributed by atoms with E-state index in [0.29, 0.717) is 37.1 Å². The van der Waals surface area contributed by atoms with Gasteiger partial charge in [0.25, 0.3) is 5.91 Å². The number of fused-ring (bicyclic) bond motifs is 1. The third kappa shape index (κ3) is 4.97. The summed E-state index contributed by atoms with van der Waals surface area (Å²) in [5.74, 6) is 0.0807. The monoisotopic (exact) mass is 409 g/mol. The molecule has 0 saturated heterocycles. The van der Waals surface area contributed by atoms with Gasteiger partial charge in [0.2, 0.25) is 5.91 Å². The van der Waals surface area contributed by atoms with Crippen LogP contribution in [0.3, 0.4) is 0 Å². The fourth-order valence-corrected chi connectivity index (χ4v) is 3.42. The van der Waals surface area contributed by atoms with Crippen LogP contribution in [-0.2, 0) is 17.6 Å². The van der Waals surface area contributed by atoms with Crippen LogP contribution in [0, 0.1) is 6.92 Å². The van der Waals surface area contributed by atoms with Crippen molar-refractivity contribution in [2.24, 2.45) is 0 Å². The highest BCUT2D eigenvalue weighted by Gasteiger charge is 2.17. The van der Waals surface area contributed by atoms with Crippen LogP contribution in [0.25, 0.3) is 10.9 Å². The van der Waals surface area contributed by atoms with Crippen LogP contribution < -0.4 is 10.9 Å². The first-order valence-electron chi connectivity index (χ1n) is 10.0. The summed E-state index contributed by atoms with van der Waals surface area (Å²) >= 11 is 0. The topological polar surface area (TPSA) is 95.4 Å². The predicted octanol–water partition coefficient (Wildman–Crippen LogP) is 2.81. The standard InChI is InChI=1S/C23H27N3O4/c1-15-13-17(11-10-16-14-25-19-8-5-4-7-18(16)19)30-23(29)21(15)22(28)24-12-6-9-20(27)26(2)3/h4-5,7-8,13-14,25H,6,9-12H2,1-3H3,(H,24,28). The lowest BCUT2D eigenvalue weighted by Crippen LogP contribution is -2.31. The van der Waals surface area contributed by atoms with E-state index < -0.39 is 11.5 Å². The molecule has 0 bridgehead atoms. The first-order chi connectivity index (χ1) is 14.4. The number of carbonyl (C=O) groups excluding carboxylic acids is 2. The molecule has 2 heterocycles. The third-order valence-corrected chi connectivity index (χ3v) is 5.09. The minimum absolute atomic E-state index is 0.000466. The van der Waals surface area contributed by atoms with Crippen LogP contribution in [0.4, 0.5) is 0 Å². The van der Waals surface area contributed by atoms with Gasteiger partial charge in [0.05, 0.1) is 0 Å². The Morgan fingerprint density at radius 1 is 1.17 bits per heavy atom. The molecule has 0 aliphatic heterocycles. The summed E-state index contributed by atoms with van der Waals surface area (Å²) < 4.78 is 5.41. The van der Waals surface area contributed by atoms with E-state index >= 15 is 0 Å². The van der Waals surface area contributed by atoms with Gasteiger partial charge in [0.1, 0.15) is 11.3 Å². The normalized spacial score (nSPS) is 10.9. The maximum absolute atomic E-state index is 12.4. The minimum atomic E-state index is -0.634. The fourth-order valence-electron chi connectivity index (χ4n) is 3.42. The summed E-state index contributed by atoms with van der Waals surface area (Å²) in [7, 11) is 3.38. The second-order valence-electron chi connectivity index (χ2n) is 7.57.